The summed E-state index contributed by atoms with van der Waals surface area (Å²) in [5.41, 5.74) is 8.05. The van der Waals surface area contributed by atoms with Gasteiger partial charge < -0.3 is 16.0 Å². The maximum Gasteiger partial charge on any atom is 0.254 e. The standard InChI is InChI=1S/C16H23N3O2/c1-11-7-12(2)9-13(8-11)16(21)19(10-15(17)20)14-3-5-18-6-4-14/h7-9,14,18H,3-6,10H2,1-2H3,(H2,17,20). The molecular formula is C16H23N3O2. The Hall–Kier alpha value is -1.88. The van der Waals surface area contributed by atoms with E-state index in [0.717, 1.165) is 37.1 Å². The summed E-state index contributed by atoms with van der Waals surface area (Å²) in [6.45, 7) is 5.63. The van der Waals surface area contributed by atoms with Gasteiger partial charge in [-0.1, -0.05) is 17.2 Å². The number of nitrogens with one attached hydrogen (secondary N) is 1. The summed E-state index contributed by atoms with van der Waals surface area (Å²) in [4.78, 5) is 25.8. The molecule has 5 nitrogen and oxygen atoms in total. The van der Waals surface area contributed by atoms with Gasteiger partial charge in [0, 0.05) is 11.6 Å². The Kier molecular flexibility index (Phi) is 4.96. The lowest BCUT2D eigenvalue weighted by Gasteiger charge is -2.34. The van der Waals surface area contributed by atoms with Crippen LogP contribution in [0.4, 0.5) is 0 Å². The van der Waals surface area contributed by atoms with E-state index >= 15 is 0 Å². The molecule has 1 saturated heterocycles. The van der Waals surface area contributed by atoms with Gasteiger partial charge >= 0.3 is 0 Å². The van der Waals surface area contributed by atoms with E-state index in [-0.39, 0.29) is 18.5 Å². The molecular weight excluding hydrogens is 266 g/mol. The fourth-order valence-electron chi connectivity index (χ4n) is 2.92. The number of aryl methyl sites for hydroxylation is 2. The molecule has 0 atom stereocenters. The molecule has 0 unspecified atom stereocenters. The molecule has 0 aliphatic carbocycles. The number of carbonyl (C=O) groups excluding carboxylic acids is 2. The Morgan fingerprint density at radius 2 is 1.76 bits per heavy atom. The van der Waals surface area contributed by atoms with Crippen molar-refractivity contribution in [3.05, 3.63) is 34.9 Å². The summed E-state index contributed by atoms with van der Waals surface area (Å²) < 4.78 is 0. The van der Waals surface area contributed by atoms with E-state index in [1.807, 2.05) is 32.0 Å². The summed E-state index contributed by atoms with van der Waals surface area (Å²) in [5.74, 6) is -0.571. The van der Waals surface area contributed by atoms with Crippen LogP contribution in [-0.4, -0.2) is 42.4 Å². The minimum atomic E-state index is -0.466. The molecule has 1 aliphatic rings. The van der Waals surface area contributed by atoms with Crippen molar-refractivity contribution in [1.82, 2.24) is 10.2 Å². The number of benzene rings is 1. The number of nitrogens with zero attached hydrogens (tertiary/aromatic N) is 1. The molecule has 3 N–H and O–H groups in total. The fraction of sp³-hybridized carbons (Fsp3) is 0.500. The molecule has 0 radical (unpaired) electrons. The highest BCUT2D eigenvalue weighted by molar-refractivity contribution is 5.97. The van der Waals surface area contributed by atoms with Crippen LogP contribution in [0.3, 0.4) is 0 Å². The predicted molar refractivity (Wildman–Crippen MR) is 82.0 cm³/mol. The summed E-state index contributed by atoms with van der Waals surface area (Å²) in [6, 6.07) is 5.83. The molecule has 1 aromatic rings. The molecule has 5 heteroatoms. The number of primary amides is 1. The van der Waals surface area contributed by atoms with Crippen molar-refractivity contribution in [2.75, 3.05) is 19.6 Å². The molecule has 0 aromatic heterocycles. The Bertz CT molecular complexity index is 516. The van der Waals surface area contributed by atoms with Crippen LogP contribution in [0, 0.1) is 13.8 Å². The number of hydrogen-bond donors (Lipinski definition) is 2. The minimum absolute atomic E-state index is 0.0174. The summed E-state index contributed by atoms with van der Waals surface area (Å²) >= 11 is 0. The minimum Gasteiger partial charge on any atom is -0.368 e. The highest BCUT2D eigenvalue weighted by atomic mass is 16.2. The summed E-state index contributed by atoms with van der Waals surface area (Å²) in [6.07, 6.45) is 1.70. The van der Waals surface area contributed by atoms with Crippen LogP contribution in [0.1, 0.15) is 34.3 Å². The van der Waals surface area contributed by atoms with Gasteiger partial charge in [-0.05, 0) is 51.9 Å². The number of amides is 2. The van der Waals surface area contributed by atoms with E-state index in [0.29, 0.717) is 5.56 Å². The summed E-state index contributed by atoms with van der Waals surface area (Å²) in [7, 11) is 0. The first-order valence-electron chi connectivity index (χ1n) is 7.35. The molecule has 1 aromatic carbocycles. The smallest absolute Gasteiger partial charge is 0.254 e. The van der Waals surface area contributed by atoms with Crippen molar-refractivity contribution in [1.29, 1.82) is 0 Å². The zero-order valence-corrected chi connectivity index (χ0v) is 12.7. The molecule has 0 spiro atoms. The number of nitrogens with two attached hydrogens (primary N) is 1. The van der Waals surface area contributed by atoms with Crippen LogP contribution in [-0.2, 0) is 4.79 Å². The second kappa shape index (κ2) is 6.72. The maximum atomic E-state index is 12.8. The Morgan fingerprint density at radius 3 is 2.29 bits per heavy atom. The average molecular weight is 289 g/mol. The first kappa shape index (κ1) is 15.5. The molecule has 1 aliphatic heterocycles. The number of carbonyl (C=O) groups is 2. The number of piperidine rings is 1. The van der Waals surface area contributed by atoms with Crippen molar-refractivity contribution < 1.29 is 9.59 Å². The van der Waals surface area contributed by atoms with Crippen molar-refractivity contribution in [3.8, 4) is 0 Å². The molecule has 0 bridgehead atoms. The first-order valence-corrected chi connectivity index (χ1v) is 7.35. The SMILES string of the molecule is Cc1cc(C)cc(C(=O)N(CC(N)=O)C2CCNCC2)c1. The quantitative estimate of drug-likeness (QED) is 0.867. The monoisotopic (exact) mass is 289 g/mol. The normalized spacial score (nSPS) is 15.7. The molecule has 114 valence electrons. The van der Waals surface area contributed by atoms with E-state index < -0.39 is 5.91 Å². The second-order valence-electron chi connectivity index (χ2n) is 5.76. The van der Waals surface area contributed by atoms with Crippen molar-refractivity contribution >= 4 is 11.8 Å². The van der Waals surface area contributed by atoms with Gasteiger partial charge in [-0.3, -0.25) is 9.59 Å². The average Bonchev–Trinajstić information content (AvgIpc) is 2.44. The third-order valence-corrected chi connectivity index (χ3v) is 3.81. The van der Waals surface area contributed by atoms with Crippen LogP contribution in [0.2, 0.25) is 0 Å². The molecule has 1 fully saturated rings. The third-order valence-electron chi connectivity index (χ3n) is 3.81. The Balaban J connectivity index is 2.25. The topological polar surface area (TPSA) is 75.4 Å². The van der Waals surface area contributed by atoms with Crippen LogP contribution in [0.15, 0.2) is 18.2 Å². The summed E-state index contributed by atoms with van der Waals surface area (Å²) in [5, 5.41) is 3.27. The van der Waals surface area contributed by atoms with Crippen molar-refractivity contribution in [2.24, 2.45) is 5.73 Å². The highest BCUT2D eigenvalue weighted by Crippen LogP contribution is 2.17. The highest BCUT2D eigenvalue weighted by Gasteiger charge is 2.27. The van der Waals surface area contributed by atoms with E-state index in [2.05, 4.69) is 5.32 Å². The lowest BCUT2D eigenvalue weighted by Crippen LogP contribution is -2.49. The predicted octanol–water partition coefficient (Wildman–Crippen LogP) is 0.983. The second-order valence-corrected chi connectivity index (χ2v) is 5.76. The van der Waals surface area contributed by atoms with Gasteiger partial charge in [-0.15, -0.1) is 0 Å². The van der Waals surface area contributed by atoms with E-state index in [4.69, 9.17) is 5.73 Å². The maximum absolute atomic E-state index is 12.8. The molecule has 2 rings (SSSR count). The Morgan fingerprint density at radius 1 is 1.19 bits per heavy atom. The fourth-order valence-corrected chi connectivity index (χ4v) is 2.92. The van der Waals surface area contributed by atoms with Crippen LogP contribution in [0.5, 0.6) is 0 Å². The lowest BCUT2D eigenvalue weighted by atomic mass is 10.0. The lowest BCUT2D eigenvalue weighted by molar-refractivity contribution is -0.119. The van der Waals surface area contributed by atoms with E-state index in [1.165, 1.54) is 0 Å². The number of hydrogen-bond acceptors (Lipinski definition) is 3. The van der Waals surface area contributed by atoms with Crippen molar-refractivity contribution in [3.63, 3.8) is 0 Å². The molecule has 0 saturated carbocycles. The van der Waals surface area contributed by atoms with Gasteiger partial charge in [0.2, 0.25) is 5.91 Å². The van der Waals surface area contributed by atoms with Crippen LogP contribution < -0.4 is 11.1 Å². The molecule has 1 heterocycles. The Labute approximate surface area is 125 Å². The van der Waals surface area contributed by atoms with E-state index in [9.17, 15) is 9.59 Å². The van der Waals surface area contributed by atoms with E-state index in [1.54, 1.807) is 4.90 Å². The first-order chi connectivity index (χ1) is 9.97. The van der Waals surface area contributed by atoms with Gasteiger partial charge in [0.05, 0.1) is 6.54 Å². The largest absolute Gasteiger partial charge is 0.368 e. The van der Waals surface area contributed by atoms with Gasteiger partial charge in [-0.2, -0.15) is 0 Å². The van der Waals surface area contributed by atoms with Gasteiger partial charge in [-0.25, -0.2) is 0 Å². The molecule has 21 heavy (non-hydrogen) atoms. The van der Waals surface area contributed by atoms with Crippen LogP contribution >= 0.6 is 0 Å². The van der Waals surface area contributed by atoms with Gasteiger partial charge in [0.1, 0.15) is 0 Å². The zero-order chi connectivity index (χ0) is 15.4. The van der Waals surface area contributed by atoms with Crippen molar-refractivity contribution in [2.45, 2.75) is 32.7 Å². The number of rotatable bonds is 4. The third kappa shape index (κ3) is 4.04. The van der Waals surface area contributed by atoms with Gasteiger partial charge in [0.15, 0.2) is 0 Å². The zero-order valence-electron chi connectivity index (χ0n) is 12.7. The molecule has 2 amide bonds. The van der Waals surface area contributed by atoms with Crippen LogP contribution in [0.25, 0.3) is 0 Å². The van der Waals surface area contributed by atoms with Gasteiger partial charge in [0.25, 0.3) is 5.91 Å².